The van der Waals surface area contributed by atoms with Crippen molar-refractivity contribution in [3.05, 3.63) is 24.3 Å². The molecule has 0 aromatic heterocycles. The lowest BCUT2D eigenvalue weighted by atomic mass is 10.2. The first kappa shape index (κ1) is 16.9. The number of hydrogen-bond donors (Lipinski definition) is 2. The van der Waals surface area contributed by atoms with Crippen molar-refractivity contribution in [3.63, 3.8) is 0 Å². The molecule has 0 saturated heterocycles. The second-order valence-electron chi connectivity index (χ2n) is 4.60. The third-order valence-electron chi connectivity index (χ3n) is 2.49. The summed E-state index contributed by atoms with van der Waals surface area (Å²) in [6, 6.07) is 5.29. The summed E-state index contributed by atoms with van der Waals surface area (Å²) in [5.74, 6) is -7.50. The number of benzene rings is 1. The van der Waals surface area contributed by atoms with Crippen LogP contribution in [0.5, 0.6) is 0 Å². The van der Waals surface area contributed by atoms with Crippen LogP contribution < -0.4 is 10.6 Å². The fourth-order valence-electron chi connectivity index (χ4n) is 1.27. The van der Waals surface area contributed by atoms with E-state index < -0.39 is 18.3 Å². The molecule has 0 unspecified atom stereocenters. The maximum absolute atomic E-state index is 12.8. The Balaban J connectivity index is 2.82. The Hall–Kier alpha value is -2.12. The molecule has 0 radical (unpaired) electrons. The van der Waals surface area contributed by atoms with Gasteiger partial charge in [-0.05, 0) is 18.2 Å². The maximum Gasteiger partial charge on any atom is 0.383 e. The van der Waals surface area contributed by atoms with Crippen LogP contribution in [0, 0.1) is 5.92 Å². The van der Waals surface area contributed by atoms with Crippen LogP contribution in [0.15, 0.2) is 24.3 Å². The Morgan fingerprint density at radius 3 is 2.10 bits per heavy atom. The first-order chi connectivity index (χ1) is 9.64. The normalized spacial score (nSPS) is 11.6. The number of amides is 2. The van der Waals surface area contributed by atoms with Gasteiger partial charge >= 0.3 is 18.3 Å². The Kier molecular flexibility index (Phi) is 5.28. The lowest BCUT2D eigenvalue weighted by molar-refractivity contribution is -0.163. The fourth-order valence-corrected chi connectivity index (χ4v) is 1.27. The molecule has 0 spiro atoms. The molecule has 21 heavy (non-hydrogen) atoms. The van der Waals surface area contributed by atoms with Gasteiger partial charge in [0.25, 0.3) is 0 Å². The van der Waals surface area contributed by atoms with Crippen LogP contribution in [0.3, 0.4) is 0 Å². The van der Waals surface area contributed by atoms with Gasteiger partial charge in [0.2, 0.25) is 5.91 Å². The number of carbonyl (C=O) groups is 2. The van der Waals surface area contributed by atoms with Crippen molar-refractivity contribution in [1.82, 2.24) is 0 Å². The number of carbonyl (C=O) groups excluding carboxylic acids is 2. The van der Waals surface area contributed by atoms with Gasteiger partial charge in [0, 0.05) is 17.3 Å². The van der Waals surface area contributed by atoms with E-state index in [0.29, 0.717) is 0 Å². The van der Waals surface area contributed by atoms with Gasteiger partial charge in [-0.3, -0.25) is 9.59 Å². The summed E-state index contributed by atoms with van der Waals surface area (Å²) >= 11 is 0. The van der Waals surface area contributed by atoms with Crippen molar-refractivity contribution in [2.24, 2.45) is 5.92 Å². The van der Waals surface area contributed by atoms with E-state index in [4.69, 9.17) is 0 Å². The highest BCUT2D eigenvalue weighted by Crippen LogP contribution is 2.25. The van der Waals surface area contributed by atoms with E-state index in [-0.39, 0.29) is 23.2 Å². The summed E-state index contributed by atoms with van der Waals surface area (Å²) in [4.78, 5) is 22.6. The predicted octanol–water partition coefficient (Wildman–Crippen LogP) is 3.12. The number of nitrogens with one attached hydrogen (secondary N) is 2. The van der Waals surface area contributed by atoms with Gasteiger partial charge in [-0.2, -0.15) is 8.78 Å². The lowest BCUT2D eigenvalue weighted by Crippen LogP contribution is -2.40. The molecular formula is C13H14F4N2O2. The van der Waals surface area contributed by atoms with E-state index in [9.17, 15) is 27.2 Å². The quantitative estimate of drug-likeness (QED) is 0.821. The first-order valence-electron chi connectivity index (χ1n) is 6.03. The molecule has 116 valence electrons. The second kappa shape index (κ2) is 6.55. The summed E-state index contributed by atoms with van der Waals surface area (Å²) in [5.41, 5.74) is 0.133. The number of hydrogen-bond acceptors (Lipinski definition) is 2. The van der Waals surface area contributed by atoms with E-state index in [2.05, 4.69) is 5.32 Å². The smallest absolute Gasteiger partial charge is 0.326 e. The molecule has 2 N–H and O–H groups in total. The topological polar surface area (TPSA) is 58.2 Å². The molecule has 0 aliphatic heterocycles. The second-order valence-corrected chi connectivity index (χ2v) is 4.60. The highest BCUT2D eigenvalue weighted by Gasteiger charge is 2.48. The van der Waals surface area contributed by atoms with Crippen LogP contribution in [-0.4, -0.2) is 24.2 Å². The number of anilines is 2. The molecule has 8 heteroatoms. The molecule has 0 aliphatic rings. The number of halogens is 4. The molecule has 0 heterocycles. The molecule has 0 saturated carbocycles. The van der Waals surface area contributed by atoms with Crippen molar-refractivity contribution >= 4 is 23.2 Å². The third-order valence-corrected chi connectivity index (χ3v) is 2.49. The van der Waals surface area contributed by atoms with E-state index in [1.54, 1.807) is 19.2 Å². The third kappa shape index (κ3) is 4.44. The zero-order valence-corrected chi connectivity index (χ0v) is 11.3. The standard InChI is InChI=1S/C13H14F4N2O2/c1-7(2)10(20)18-8-4-3-5-9(6-8)19-12(21)13(16,17)11(14)15/h3-7,11H,1-2H3,(H,18,20)(H,19,21). The molecule has 1 aromatic rings. The van der Waals surface area contributed by atoms with Crippen LogP contribution in [0.4, 0.5) is 28.9 Å². The van der Waals surface area contributed by atoms with E-state index in [1.807, 2.05) is 0 Å². The monoisotopic (exact) mass is 306 g/mol. The molecule has 0 aliphatic carbocycles. The Morgan fingerprint density at radius 2 is 1.62 bits per heavy atom. The zero-order valence-electron chi connectivity index (χ0n) is 11.3. The highest BCUT2D eigenvalue weighted by atomic mass is 19.3. The summed E-state index contributed by atoms with van der Waals surface area (Å²) in [5, 5.41) is 4.18. The molecule has 1 rings (SSSR count). The van der Waals surface area contributed by atoms with Crippen molar-refractivity contribution in [3.8, 4) is 0 Å². The average molecular weight is 306 g/mol. The highest BCUT2D eigenvalue weighted by molar-refractivity contribution is 5.97. The summed E-state index contributed by atoms with van der Waals surface area (Å²) in [7, 11) is 0. The van der Waals surface area contributed by atoms with Crippen LogP contribution in [0.2, 0.25) is 0 Å². The minimum absolute atomic E-state index is 0.123. The lowest BCUT2D eigenvalue weighted by Gasteiger charge is -2.15. The van der Waals surface area contributed by atoms with Crippen molar-refractivity contribution in [2.75, 3.05) is 10.6 Å². The number of rotatable bonds is 5. The maximum atomic E-state index is 12.8. The molecule has 0 fully saturated rings. The fraction of sp³-hybridized carbons (Fsp3) is 0.385. The first-order valence-corrected chi connectivity index (χ1v) is 6.03. The van der Waals surface area contributed by atoms with Crippen molar-refractivity contribution in [2.45, 2.75) is 26.2 Å². The van der Waals surface area contributed by atoms with E-state index >= 15 is 0 Å². The largest absolute Gasteiger partial charge is 0.383 e. The predicted molar refractivity (Wildman–Crippen MR) is 69.5 cm³/mol. The molecule has 2 amide bonds. The van der Waals surface area contributed by atoms with Crippen LogP contribution in [0.1, 0.15) is 13.8 Å². The van der Waals surface area contributed by atoms with Crippen LogP contribution in [0.25, 0.3) is 0 Å². The summed E-state index contributed by atoms with van der Waals surface area (Å²) < 4.78 is 49.7. The Morgan fingerprint density at radius 1 is 1.10 bits per heavy atom. The molecule has 4 nitrogen and oxygen atoms in total. The van der Waals surface area contributed by atoms with Gasteiger partial charge in [0.05, 0.1) is 0 Å². The van der Waals surface area contributed by atoms with E-state index in [1.165, 1.54) is 24.3 Å². The van der Waals surface area contributed by atoms with Gasteiger partial charge in [-0.25, -0.2) is 8.78 Å². The zero-order chi connectivity index (χ0) is 16.2. The van der Waals surface area contributed by atoms with Crippen LogP contribution in [-0.2, 0) is 9.59 Å². The molecule has 0 bridgehead atoms. The van der Waals surface area contributed by atoms with Gasteiger partial charge in [0.15, 0.2) is 0 Å². The van der Waals surface area contributed by atoms with Gasteiger partial charge in [-0.15, -0.1) is 0 Å². The van der Waals surface area contributed by atoms with Crippen molar-refractivity contribution < 1.29 is 27.2 Å². The van der Waals surface area contributed by atoms with Crippen LogP contribution >= 0.6 is 0 Å². The average Bonchev–Trinajstić information content (AvgIpc) is 2.38. The molecular weight excluding hydrogens is 292 g/mol. The van der Waals surface area contributed by atoms with Gasteiger partial charge in [-0.1, -0.05) is 19.9 Å². The minimum atomic E-state index is -4.78. The minimum Gasteiger partial charge on any atom is -0.326 e. The van der Waals surface area contributed by atoms with E-state index in [0.717, 1.165) is 0 Å². The Bertz CT molecular complexity index is 533. The molecule has 1 aromatic carbocycles. The SMILES string of the molecule is CC(C)C(=O)Nc1cccc(NC(=O)C(F)(F)C(F)F)c1. The summed E-state index contributed by atoms with van der Waals surface area (Å²) in [6.07, 6.45) is -4.10. The summed E-state index contributed by atoms with van der Waals surface area (Å²) in [6.45, 7) is 3.31. The van der Waals surface area contributed by atoms with Gasteiger partial charge in [0.1, 0.15) is 0 Å². The van der Waals surface area contributed by atoms with Crippen molar-refractivity contribution in [1.29, 1.82) is 0 Å². The Labute approximate surface area is 118 Å². The molecule has 0 atom stereocenters. The van der Waals surface area contributed by atoms with Gasteiger partial charge < -0.3 is 10.6 Å². The number of alkyl halides is 4.